The molecule has 0 aromatic rings. The Kier molecular flexibility index (Phi) is 11.5. The highest BCUT2D eigenvalue weighted by molar-refractivity contribution is 14.0. The zero-order valence-corrected chi connectivity index (χ0v) is 17.4. The Bertz CT molecular complexity index is 377. The van der Waals surface area contributed by atoms with Crippen molar-refractivity contribution in [2.45, 2.75) is 89.6 Å². The van der Waals surface area contributed by atoms with Crippen molar-refractivity contribution in [1.82, 2.24) is 16.0 Å². The maximum atomic E-state index is 12.0. The molecule has 0 spiro atoms. The fourth-order valence-corrected chi connectivity index (χ4v) is 3.58. The Balaban J connectivity index is 0.00000288. The fourth-order valence-electron chi connectivity index (χ4n) is 3.58. The van der Waals surface area contributed by atoms with Crippen molar-refractivity contribution in [2.24, 2.45) is 4.99 Å². The topological polar surface area (TPSA) is 65.5 Å². The van der Waals surface area contributed by atoms with Gasteiger partial charge in [0.2, 0.25) is 5.91 Å². The van der Waals surface area contributed by atoms with E-state index in [0.29, 0.717) is 25.0 Å². The van der Waals surface area contributed by atoms with Crippen molar-refractivity contribution in [3.05, 3.63) is 0 Å². The number of carbonyl (C=O) groups is 1. The summed E-state index contributed by atoms with van der Waals surface area (Å²) in [7, 11) is 0. The van der Waals surface area contributed by atoms with Gasteiger partial charge in [0, 0.05) is 25.0 Å². The fraction of sp³-hybridized carbons (Fsp3) is 0.889. The van der Waals surface area contributed by atoms with Gasteiger partial charge in [-0.1, -0.05) is 38.5 Å². The number of amides is 1. The van der Waals surface area contributed by atoms with Gasteiger partial charge in [-0.3, -0.25) is 9.79 Å². The van der Waals surface area contributed by atoms with E-state index in [1.165, 1.54) is 51.4 Å². The van der Waals surface area contributed by atoms with Crippen molar-refractivity contribution in [1.29, 1.82) is 0 Å². The van der Waals surface area contributed by atoms with Gasteiger partial charge in [-0.2, -0.15) is 0 Å². The van der Waals surface area contributed by atoms with Gasteiger partial charge in [-0.05, 0) is 32.6 Å². The third-order valence-electron chi connectivity index (χ3n) is 4.87. The number of nitrogens with one attached hydrogen (secondary N) is 3. The molecule has 0 bridgehead atoms. The van der Waals surface area contributed by atoms with Gasteiger partial charge < -0.3 is 16.0 Å². The van der Waals surface area contributed by atoms with E-state index < -0.39 is 0 Å². The molecule has 6 heteroatoms. The van der Waals surface area contributed by atoms with E-state index >= 15 is 0 Å². The Morgan fingerprint density at radius 1 is 0.917 bits per heavy atom. The lowest BCUT2D eigenvalue weighted by atomic mass is 9.95. The van der Waals surface area contributed by atoms with E-state index in [1.54, 1.807) is 0 Å². The summed E-state index contributed by atoms with van der Waals surface area (Å²) in [5.74, 6) is 1.01. The summed E-state index contributed by atoms with van der Waals surface area (Å²) >= 11 is 0. The van der Waals surface area contributed by atoms with Gasteiger partial charge in [0.25, 0.3) is 0 Å². The molecule has 1 amide bonds. The second kappa shape index (κ2) is 12.8. The molecule has 2 fully saturated rings. The lowest BCUT2D eigenvalue weighted by Crippen LogP contribution is -2.44. The maximum absolute atomic E-state index is 12.0. The molecule has 140 valence electrons. The lowest BCUT2D eigenvalue weighted by molar-refractivity contribution is -0.121. The van der Waals surface area contributed by atoms with Crippen LogP contribution in [-0.2, 0) is 4.79 Å². The first-order valence-electron chi connectivity index (χ1n) is 9.62. The van der Waals surface area contributed by atoms with Crippen molar-refractivity contribution in [2.75, 3.05) is 13.1 Å². The van der Waals surface area contributed by atoms with Crippen LogP contribution >= 0.6 is 24.0 Å². The van der Waals surface area contributed by atoms with Gasteiger partial charge in [-0.15, -0.1) is 24.0 Å². The molecular weight excluding hydrogens is 415 g/mol. The van der Waals surface area contributed by atoms with Crippen LogP contribution in [0.2, 0.25) is 0 Å². The van der Waals surface area contributed by atoms with E-state index in [0.717, 1.165) is 25.3 Å². The minimum absolute atomic E-state index is 0. The first-order valence-corrected chi connectivity index (χ1v) is 9.62. The summed E-state index contributed by atoms with van der Waals surface area (Å²) in [6.07, 6.45) is 13.0. The molecule has 0 radical (unpaired) electrons. The number of aliphatic imine (C=N–C) groups is 1. The molecule has 0 heterocycles. The van der Waals surface area contributed by atoms with Crippen LogP contribution in [0.4, 0.5) is 0 Å². The largest absolute Gasteiger partial charge is 0.357 e. The number of carbonyl (C=O) groups excluding carboxylic acids is 1. The molecule has 0 saturated heterocycles. The number of guanidine groups is 1. The summed E-state index contributed by atoms with van der Waals surface area (Å²) in [6.45, 7) is 3.49. The Labute approximate surface area is 164 Å². The molecule has 3 N–H and O–H groups in total. The highest BCUT2D eigenvalue weighted by Gasteiger charge is 2.16. The van der Waals surface area contributed by atoms with Crippen LogP contribution in [0.25, 0.3) is 0 Å². The van der Waals surface area contributed by atoms with Crippen LogP contribution in [0.1, 0.15) is 77.6 Å². The van der Waals surface area contributed by atoms with Crippen LogP contribution < -0.4 is 16.0 Å². The first kappa shape index (κ1) is 21.5. The molecule has 0 atom stereocenters. The van der Waals surface area contributed by atoms with E-state index in [1.807, 2.05) is 0 Å². The van der Waals surface area contributed by atoms with E-state index in [-0.39, 0.29) is 29.9 Å². The highest BCUT2D eigenvalue weighted by atomic mass is 127. The molecule has 0 aromatic heterocycles. The van der Waals surface area contributed by atoms with Gasteiger partial charge in [0.1, 0.15) is 0 Å². The molecule has 2 saturated carbocycles. The minimum atomic E-state index is 0. The number of nitrogens with zero attached hydrogens (tertiary/aromatic N) is 1. The van der Waals surface area contributed by atoms with Crippen molar-refractivity contribution in [3.63, 3.8) is 0 Å². The zero-order valence-electron chi connectivity index (χ0n) is 15.1. The zero-order chi connectivity index (χ0) is 16.3. The standard InChI is InChI=1S/C18H34N4O.HI/c1-2-19-18(22-16-11-7-4-8-12-16)20-14-13-17(23)21-15-9-5-3-6-10-15;/h15-16H,2-14H2,1H3,(H,21,23)(H2,19,20,22);1H. The SMILES string of the molecule is CCNC(=NCCC(=O)NC1CCCCC1)NC1CCCCC1.I. The van der Waals surface area contributed by atoms with Gasteiger partial charge in [0.05, 0.1) is 6.54 Å². The third kappa shape index (κ3) is 8.53. The molecule has 2 aliphatic rings. The molecule has 24 heavy (non-hydrogen) atoms. The smallest absolute Gasteiger partial charge is 0.222 e. The average Bonchev–Trinajstić information content (AvgIpc) is 2.57. The second-order valence-electron chi connectivity index (χ2n) is 6.89. The predicted octanol–water partition coefficient (Wildman–Crippen LogP) is 3.33. The predicted molar refractivity (Wildman–Crippen MR) is 111 cm³/mol. The molecule has 2 aliphatic carbocycles. The number of hydrogen-bond donors (Lipinski definition) is 3. The molecule has 2 rings (SSSR count). The summed E-state index contributed by atoms with van der Waals surface area (Å²) in [5, 5.41) is 9.97. The van der Waals surface area contributed by atoms with Gasteiger partial charge in [0.15, 0.2) is 5.96 Å². The van der Waals surface area contributed by atoms with Crippen LogP contribution in [0.15, 0.2) is 4.99 Å². The molecule has 5 nitrogen and oxygen atoms in total. The molecular formula is C18H35IN4O. The third-order valence-corrected chi connectivity index (χ3v) is 4.87. The van der Waals surface area contributed by atoms with Crippen LogP contribution in [0, 0.1) is 0 Å². The van der Waals surface area contributed by atoms with E-state index in [2.05, 4.69) is 27.9 Å². The normalized spacial score (nSPS) is 20.1. The maximum Gasteiger partial charge on any atom is 0.222 e. The van der Waals surface area contributed by atoms with Crippen molar-refractivity contribution < 1.29 is 4.79 Å². The Hall–Kier alpha value is -0.530. The van der Waals surface area contributed by atoms with Crippen molar-refractivity contribution >= 4 is 35.8 Å². The number of rotatable bonds is 6. The minimum Gasteiger partial charge on any atom is -0.357 e. The summed E-state index contributed by atoms with van der Waals surface area (Å²) < 4.78 is 0. The van der Waals surface area contributed by atoms with Crippen LogP contribution in [-0.4, -0.2) is 37.0 Å². The Morgan fingerprint density at radius 2 is 1.46 bits per heavy atom. The highest BCUT2D eigenvalue weighted by Crippen LogP contribution is 2.18. The second-order valence-corrected chi connectivity index (χ2v) is 6.89. The summed E-state index contributed by atoms with van der Waals surface area (Å²) in [4.78, 5) is 16.6. The van der Waals surface area contributed by atoms with E-state index in [4.69, 9.17) is 0 Å². The van der Waals surface area contributed by atoms with Crippen LogP contribution in [0.3, 0.4) is 0 Å². The number of halogens is 1. The summed E-state index contributed by atoms with van der Waals surface area (Å²) in [6, 6.07) is 0.937. The van der Waals surface area contributed by atoms with Gasteiger partial charge >= 0.3 is 0 Å². The average molecular weight is 450 g/mol. The van der Waals surface area contributed by atoms with Crippen LogP contribution in [0.5, 0.6) is 0 Å². The van der Waals surface area contributed by atoms with E-state index in [9.17, 15) is 4.79 Å². The monoisotopic (exact) mass is 450 g/mol. The van der Waals surface area contributed by atoms with Crippen molar-refractivity contribution in [3.8, 4) is 0 Å². The lowest BCUT2D eigenvalue weighted by Gasteiger charge is -2.25. The Morgan fingerprint density at radius 3 is 2.00 bits per heavy atom. The molecule has 0 aliphatic heterocycles. The molecule has 0 aromatic carbocycles. The molecule has 0 unspecified atom stereocenters. The quantitative estimate of drug-likeness (QED) is 0.331. The first-order chi connectivity index (χ1) is 11.3. The summed E-state index contributed by atoms with van der Waals surface area (Å²) in [5.41, 5.74) is 0. The van der Waals surface area contributed by atoms with Gasteiger partial charge in [-0.25, -0.2) is 0 Å². The number of hydrogen-bond acceptors (Lipinski definition) is 2.